The van der Waals surface area contributed by atoms with E-state index in [1.807, 2.05) is 0 Å². The first-order chi connectivity index (χ1) is 17.0. The highest BCUT2D eigenvalue weighted by molar-refractivity contribution is 7.17. The first-order valence-corrected chi connectivity index (χ1v) is 11.6. The van der Waals surface area contributed by atoms with Gasteiger partial charge in [-0.2, -0.15) is 13.2 Å². The number of amides is 2. The Morgan fingerprint density at radius 3 is 2.47 bits per heavy atom. The lowest BCUT2D eigenvalue weighted by Gasteiger charge is -2.12. The predicted octanol–water partition coefficient (Wildman–Crippen LogP) is 6.30. The normalized spacial score (nSPS) is 17.6. The molecule has 1 saturated carbocycles. The number of anilines is 2. The maximum Gasteiger partial charge on any atom is 0.416 e. The standard InChI is InChI=1S/C24H19F4N3O4S/c25-17-9-12(19-11-29-21(36-19)20(32)15-5-2-6-16(15)22(33)34)7-8-18(17)31-23(35)30-14-4-1-3-13(10-14)24(26,27)28/h1,3-4,7-11,15-16H,2,5-6H2,(H,33,34)(H2,30,31,35). The van der Waals surface area contributed by atoms with E-state index in [-0.39, 0.29) is 22.2 Å². The van der Waals surface area contributed by atoms with Crippen LogP contribution in [0.5, 0.6) is 0 Å². The highest BCUT2D eigenvalue weighted by Gasteiger charge is 2.39. The highest BCUT2D eigenvalue weighted by atomic mass is 32.1. The highest BCUT2D eigenvalue weighted by Crippen LogP contribution is 2.37. The summed E-state index contributed by atoms with van der Waals surface area (Å²) in [6.45, 7) is 0. The van der Waals surface area contributed by atoms with Crippen molar-refractivity contribution < 1.29 is 37.1 Å². The number of rotatable bonds is 6. The number of carbonyl (C=O) groups is 3. The van der Waals surface area contributed by atoms with Crippen LogP contribution in [-0.2, 0) is 11.0 Å². The maximum absolute atomic E-state index is 14.7. The minimum Gasteiger partial charge on any atom is -0.481 e. The lowest BCUT2D eigenvalue weighted by Crippen LogP contribution is -2.25. The van der Waals surface area contributed by atoms with Crippen molar-refractivity contribution in [2.45, 2.75) is 25.4 Å². The van der Waals surface area contributed by atoms with E-state index in [1.54, 1.807) is 0 Å². The van der Waals surface area contributed by atoms with Crippen molar-refractivity contribution in [1.29, 1.82) is 0 Å². The fourth-order valence-corrected chi connectivity index (χ4v) is 4.99. The molecule has 2 atom stereocenters. The van der Waals surface area contributed by atoms with E-state index in [4.69, 9.17) is 0 Å². The number of nitrogens with one attached hydrogen (secondary N) is 2. The number of halogens is 4. The van der Waals surface area contributed by atoms with E-state index in [1.165, 1.54) is 24.4 Å². The Labute approximate surface area is 206 Å². The van der Waals surface area contributed by atoms with E-state index >= 15 is 0 Å². The second-order valence-corrected chi connectivity index (χ2v) is 9.26. The van der Waals surface area contributed by atoms with Crippen LogP contribution in [0.25, 0.3) is 10.4 Å². The molecule has 188 valence electrons. The monoisotopic (exact) mass is 521 g/mol. The van der Waals surface area contributed by atoms with Gasteiger partial charge in [0.1, 0.15) is 5.82 Å². The third-order valence-electron chi connectivity index (χ3n) is 5.84. The van der Waals surface area contributed by atoms with E-state index in [0.29, 0.717) is 29.7 Å². The Morgan fingerprint density at radius 2 is 1.78 bits per heavy atom. The molecule has 0 saturated heterocycles. The number of Topliss-reactive ketones (excluding diaryl/α,β-unsaturated/α-hetero) is 1. The van der Waals surface area contributed by atoms with Gasteiger partial charge in [-0.05, 0) is 48.7 Å². The SMILES string of the molecule is O=C(Nc1cccc(C(F)(F)F)c1)Nc1ccc(-c2cnc(C(=O)C3CCCC3C(=O)O)s2)cc1F. The lowest BCUT2D eigenvalue weighted by molar-refractivity contribution is -0.142. The number of nitrogens with zero attached hydrogens (tertiary/aromatic N) is 1. The lowest BCUT2D eigenvalue weighted by atomic mass is 9.92. The smallest absolute Gasteiger partial charge is 0.416 e. The fourth-order valence-electron chi connectivity index (χ4n) is 4.08. The number of ketones is 1. The van der Waals surface area contributed by atoms with E-state index in [9.17, 15) is 37.1 Å². The number of carboxylic acids is 1. The summed E-state index contributed by atoms with van der Waals surface area (Å²) in [6.07, 6.45) is -1.63. The fraction of sp³-hybridized carbons (Fsp3) is 0.250. The number of alkyl halides is 3. The Kier molecular flexibility index (Phi) is 7.07. The van der Waals surface area contributed by atoms with Crippen molar-refractivity contribution >= 4 is 40.5 Å². The summed E-state index contributed by atoms with van der Waals surface area (Å²) in [6, 6.07) is 6.96. The second kappa shape index (κ2) is 10.1. The second-order valence-electron chi connectivity index (χ2n) is 8.23. The summed E-state index contributed by atoms with van der Waals surface area (Å²) in [5.74, 6) is -3.55. The van der Waals surface area contributed by atoms with Crippen LogP contribution < -0.4 is 10.6 Å². The third kappa shape index (κ3) is 5.54. The quantitative estimate of drug-likeness (QED) is 0.261. The number of urea groups is 1. The van der Waals surface area contributed by atoms with Crippen LogP contribution in [0.2, 0.25) is 0 Å². The van der Waals surface area contributed by atoms with Crippen LogP contribution in [0.15, 0.2) is 48.7 Å². The van der Waals surface area contributed by atoms with Gasteiger partial charge in [0.25, 0.3) is 0 Å². The molecule has 2 unspecified atom stereocenters. The zero-order chi connectivity index (χ0) is 26.0. The van der Waals surface area contributed by atoms with Gasteiger partial charge in [-0.25, -0.2) is 14.2 Å². The zero-order valence-corrected chi connectivity index (χ0v) is 19.3. The molecule has 3 N–H and O–H groups in total. The van der Waals surface area contributed by atoms with Crippen LogP contribution >= 0.6 is 11.3 Å². The molecule has 12 heteroatoms. The van der Waals surface area contributed by atoms with Crippen LogP contribution in [0.3, 0.4) is 0 Å². The van der Waals surface area contributed by atoms with Crippen LogP contribution in [0.4, 0.5) is 33.7 Å². The summed E-state index contributed by atoms with van der Waals surface area (Å²) >= 11 is 1.02. The number of carbonyl (C=O) groups excluding carboxylic acids is 2. The zero-order valence-electron chi connectivity index (χ0n) is 18.4. The van der Waals surface area contributed by atoms with Gasteiger partial charge < -0.3 is 15.7 Å². The first-order valence-electron chi connectivity index (χ1n) is 10.8. The molecule has 1 aromatic heterocycles. The molecule has 2 aromatic carbocycles. The maximum atomic E-state index is 14.7. The Bertz CT molecular complexity index is 1320. The van der Waals surface area contributed by atoms with Gasteiger partial charge in [0.05, 0.1) is 22.0 Å². The van der Waals surface area contributed by atoms with Crippen molar-refractivity contribution in [3.05, 3.63) is 65.0 Å². The number of thiazole rings is 1. The largest absolute Gasteiger partial charge is 0.481 e. The van der Waals surface area contributed by atoms with Crippen molar-refractivity contribution in [2.75, 3.05) is 10.6 Å². The molecule has 7 nitrogen and oxygen atoms in total. The number of benzene rings is 2. The topological polar surface area (TPSA) is 108 Å². The average Bonchev–Trinajstić information content (AvgIpc) is 3.50. The van der Waals surface area contributed by atoms with Crippen LogP contribution in [0.1, 0.15) is 34.6 Å². The summed E-state index contributed by atoms with van der Waals surface area (Å²) < 4.78 is 53.2. The van der Waals surface area contributed by atoms with Crippen LogP contribution in [0, 0.1) is 17.7 Å². The van der Waals surface area contributed by atoms with Gasteiger partial charge in [-0.1, -0.05) is 18.6 Å². The molecule has 1 fully saturated rings. The molecule has 1 heterocycles. The molecule has 0 bridgehead atoms. The first kappa shape index (κ1) is 25.3. The Hall–Kier alpha value is -3.80. The third-order valence-corrected chi connectivity index (χ3v) is 6.90. The van der Waals surface area contributed by atoms with Gasteiger partial charge >= 0.3 is 18.2 Å². The Morgan fingerprint density at radius 1 is 1.03 bits per heavy atom. The van der Waals surface area contributed by atoms with Gasteiger partial charge in [0, 0.05) is 17.8 Å². The van der Waals surface area contributed by atoms with E-state index < -0.39 is 41.4 Å². The number of aliphatic carboxylic acids is 1. The molecule has 3 aromatic rings. The number of carboxylic acid groups (broad SMARTS) is 1. The molecule has 0 aliphatic heterocycles. The van der Waals surface area contributed by atoms with E-state index in [2.05, 4.69) is 15.6 Å². The van der Waals surface area contributed by atoms with Crippen molar-refractivity contribution in [2.24, 2.45) is 11.8 Å². The van der Waals surface area contributed by atoms with Crippen molar-refractivity contribution in [3.63, 3.8) is 0 Å². The molecule has 2 amide bonds. The van der Waals surface area contributed by atoms with Crippen molar-refractivity contribution in [1.82, 2.24) is 4.98 Å². The summed E-state index contributed by atoms with van der Waals surface area (Å²) in [5, 5.41) is 13.9. The molecule has 0 spiro atoms. The minimum atomic E-state index is -4.58. The van der Waals surface area contributed by atoms with Gasteiger partial charge in [-0.3, -0.25) is 9.59 Å². The minimum absolute atomic E-state index is 0.117. The Balaban J connectivity index is 1.44. The molecule has 1 aliphatic rings. The molecular weight excluding hydrogens is 502 g/mol. The van der Waals surface area contributed by atoms with Gasteiger partial charge in [-0.15, -0.1) is 11.3 Å². The van der Waals surface area contributed by atoms with Gasteiger partial charge in [0.2, 0.25) is 0 Å². The number of hydrogen-bond donors (Lipinski definition) is 3. The molecule has 4 rings (SSSR count). The number of aromatic nitrogens is 1. The molecular formula is C24H19F4N3O4S. The molecule has 36 heavy (non-hydrogen) atoms. The number of hydrogen-bond acceptors (Lipinski definition) is 5. The molecule has 1 aliphatic carbocycles. The van der Waals surface area contributed by atoms with E-state index in [0.717, 1.165) is 35.6 Å². The van der Waals surface area contributed by atoms with Gasteiger partial charge in [0.15, 0.2) is 10.8 Å². The predicted molar refractivity (Wildman–Crippen MR) is 124 cm³/mol. The summed E-state index contributed by atoms with van der Waals surface area (Å²) in [4.78, 5) is 40.9. The summed E-state index contributed by atoms with van der Waals surface area (Å²) in [5.41, 5.74) is -0.883. The van der Waals surface area contributed by atoms with Crippen molar-refractivity contribution in [3.8, 4) is 10.4 Å². The summed E-state index contributed by atoms with van der Waals surface area (Å²) in [7, 11) is 0. The van der Waals surface area contributed by atoms with Crippen LogP contribution in [-0.4, -0.2) is 27.9 Å². The molecule has 0 radical (unpaired) electrons. The average molecular weight is 521 g/mol.